The molecular formula is C15H17F3N2O3. The fraction of sp³-hybridized carbons (Fsp3) is 0.467. The molecule has 8 heteroatoms. The van der Waals surface area contributed by atoms with Gasteiger partial charge in [-0.25, -0.2) is 0 Å². The van der Waals surface area contributed by atoms with Crippen LogP contribution in [-0.4, -0.2) is 38.7 Å². The second kappa shape index (κ2) is 6.19. The average molecular weight is 330 g/mol. The Labute approximate surface area is 131 Å². The van der Waals surface area contributed by atoms with Gasteiger partial charge in [-0.3, -0.25) is 4.79 Å². The number of rotatable bonds is 4. The summed E-state index contributed by atoms with van der Waals surface area (Å²) in [5.74, 6) is -0.984. The quantitative estimate of drug-likeness (QED) is 0.891. The Balaban J connectivity index is 2.16. The highest BCUT2D eigenvalue weighted by Gasteiger charge is 2.62. The number of nitrogens with zero attached hydrogens (tertiary/aromatic N) is 2. The number of hydrogen-bond acceptors (Lipinski definition) is 4. The minimum Gasteiger partial charge on any atom is -0.508 e. The topological polar surface area (TPSA) is 73.1 Å². The third kappa shape index (κ3) is 3.31. The Bertz CT molecular complexity index is 631. The van der Waals surface area contributed by atoms with Crippen molar-refractivity contribution >= 4 is 11.6 Å². The van der Waals surface area contributed by atoms with Crippen LogP contribution in [0, 0.1) is 0 Å². The maximum Gasteiger partial charge on any atom is 0.438 e. The maximum absolute atomic E-state index is 13.1. The van der Waals surface area contributed by atoms with Crippen molar-refractivity contribution in [1.29, 1.82) is 0 Å². The molecule has 0 unspecified atom stereocenters. The molecule has 0 saturated heterocycles. The van der Waals surface area contributed by atoms with Crippen LogP contribution >= 0.6 is 0 Å². The Kier molecular flexibility index (Phi) is 4.65. The molecule has 0 fully saturated rings. The molecule has 1 aliphatic heterocycles. The van der Waals surface area contributed by atoms with E-state index in [9.17, 15) is 28.2 Å². The molecule has 1 aromatic carbocycles. The molecule has 1 heterocycles. The van der Waals surface area contributed by atoms with Gasteiger partial charge in [0.15, 0.2) is 0 Å². The molecule has 0 bridgehead atoms. The van der Waals surface area contributed by atoms with Crippen LogP contribution in [0.5, 0.6) is 5.75 Å². The molecule has 23 heavy (non-hydrogen) atoms. The summed E-state index contributed by atoms with van der Waals surface area (Å²) in [6, 6.07) is 6.24. The van der Waals surface area contributed by atoms with Gasteiger partial charge in [-0.2, -0.15) is 23.3 Å². The fourth-order valence-electron chi connectivity index (χ4n) is 2.37. The lowest BCUT2D eigenvalue weighted by atomic mass is 10.0. The minimum atomic E-state index is -5.00. The molecule has 126 valence electrons. The molecule has 0 aliphatic carbocycles. The van der Waals surface area contributed by atoms with Crippen molar-refractivity contribution < 1.29 is 28.2 Å². The van der Waals surface area contributed by atoms with Crippen molar-refractivity contribution in [2.45, 2.75) is 44.5 Å². The lowest BCUT2D eigenvalue weighted by molar-refractivity contribution is -0.302. The highest BCUT2D eigenvalue weighted by atomic mass is 19.4. The van der Waals surface area contributed by atoms with Crippen molar-refractivity contribution in [3.05, 3.63) is 29.8 Å². The van der Waals surface area contributed by atoms with E-state index in [2.05, 4.69) is 5.10 Å². The number of aromatic hydroxyl groups is 1. The molecule has 1 atom stereocenters. The molecular weight excluding hydrogens is 313 g/mol. The van der Waals surface area contributed by atoms with Crippen LogP contribution in [0.25, 0.3) is 0 Å². The second-order valence-corrected chi connectivity index (χ2v) is 5.35. The van der Waals surface area contributed by atoms with E-state index < -0.39 is 24.2 Å². The van der Waals surface area contributed by atoms with E-state index in [1.54, 1.807) is 25.1 Å². The average Bonchev–Trinajstić information content (AvgIpc) is 2.84. The van der Waals surface area contributed by atoms with E-state index in [-0.39, 0.29) is 35.7 Å². The van der Waals surface area contributed by atoms with Crippen LogP contribution in [0.15, 0.2) is 29.4 Å². The van der Waals surface area contributed by atoms with Gasteiger partial charge < -0.3 is 10.2 Å². The van der Waals surface area contributed by atoms with Crippen LogP contribution in [0.4, 0.5) is 13.2 Å². The highest BCUT2D eigenvalue weighted by Crippen LogP contribution is 2.41. The van der Waals surface area contributed by atoms with Crippen LogP contribution in [0.2, 0.25) is 0 Å². The summed E-state index contributed by atoms with van der Waals surface area (Å²) in [6.45, 7) is 1.60. The summed E-state index contributed by atoms with van der Waals surface area (Å²) in [5, 5.41) is 23.3. The number of amides is 1. The molecule has 1 aromatic rings. The number of aliphatic hydroxyl groups is 1. The summed E-state index contributed by atoms with van der Waals surface area (Å²) in [7, 11) is 0. The van der Waals surface area contributed by atoms with Gasteiger partial charge in [-0.05, 0) is 24.5 Å². The van der Waals surface area contributed by atoms with Gasteiger partial charge in [0.25, 0.3) is 5.72 Å². The van der Waals surface area contributed by atoms with E-state index in [4.69, 9.17) is 0 Å². The van der Waals surface area contributed by atoms with Gasteiger partial charge in [0.2, 0.25) is 5.91 Å². The number of carbonyl (C=O) groups is 1. The zero-order valence-electron chi connectivity index (χ0n) is 12.5. The number of halogens is 3. The zero-order chi connectivity index (χ0) is 17.3. The predicted molar refractivity (Wildman–Crippen MR) is 76.6 cm³/mol. The number of phenols is 1. The molecule has 0 saturated carbocycles. The van der Waals surface area contributed by atoms with Crippen molar-refractivity contribution in [2.75, 3.05) is 0 Å². The van der Waals surface area contributed by atoms with Crippen LogP contribution in [0.1, 0.15) is 31.7 Å². The monoisotopic (exact) mass is 330 g/mol. The van der Waals surface area contributed by atoms with E-state index in [0.717, 1.165) is 0 Å². The molecule has 2 rings (SSSR count). The van der Waals surface area contributed by atoms with Gasteiger partial charge in [-0.1, -0.05) is 25.1 Å². The van der Waals surface area contributed by atoms with Gasteiger partial charge in [0.05, 0.1) is 0 Å². The summed E-state index contributed by atoms with van der Waals surface area (Å²) in [6.07, 6.45) is -5.79. The number of aryl methyl sites for hydroxylation is 1. The Morgan fingerprint density at radius 1 is 1.39 bits per heavy atom. The lowest BCUT2D eigenvalue weighted by Crippen LogP contribution is -2.56. The third-order valence-corrected chi connectivity index (χ3v) is 3.74. The van der Waals surface area contributed by atoms with Gasteiger partial charge >= 0.3 is 6.18 Å². The van der Waals surface area contributed by atoms with Crippen LogP contribution in [-0.2, 0) is 11.2 Å². The third-order valence-electron chi connectivity index (χ3n) is 3.74. The first-order chi connectivity index (χ1) is 10.7. The maximum atomic E-state index is 13.1. The van der Waals surface area contributed by atoms with E-state index in [1.807, 2.05) is 0 Å². The first-order valence-electron chi connectivity index (χ1n) is 7.14. The first kappa shape index (κ1) is 17.3. The number of carbonyl (C=O) groups excluding carboxylic acids is 1. The van der Waals surface area contributed by atoms with E-state index >= 15 is 0 Å². The predicted octanol–water partition coefficient (Wildman–Crippen LogP) is 2.57. The smallest absolute Gasteiger partial charge is 0.438 e. The number of phenolic OH excluding ortho intramolecular Hbond substituents is 1. The summed E-state index contributed by atoms with van der Waals surface area (Å²) >= 11 is 0. The molecule has 5 nitrogen and oxygen atoms in total. The van der Waals surface area contributed by atoms with Crippen molar-refractivity contribution in [2.24, 2.45) is 5.10 Å². The Morgan fingerprint density at radius 2 is 2.04 bits per heavy atom. The summed E-state index contributed by atoms with van der Waals surface area (Å²) in [5.41, 5.74) is -2.75. The first-order valence-corrected chi connectivity index (χ1v) is 7.14. The molecule has 0 spiro atoms. The van der Waals surface area contributed by atoms with Crippen molar-refractivity contribution in [3.8, 4) is 5.75 Å². The minimum absolute atomic E-state index is 0.0365. The van der Waals surface area contributed by atoms with Gasteiger partial charge in [-0.15, -0.1) is 0 Å². The number of hydrogen-bond donors (Lipinski definition) is 2. The molecule has 1 aliphatic rings. The SMILES string of the molecule is CCC1=NN(C(=O)CCc2ccccc2O)[C@](O)(C(F)(F)F)C1. The zero-order valence-corrected chi connectivity index (χ0v) is 12.5. The van der Waals surface area contributed by atoms with Gasteiger partial charge in [0.1, 0.15) is 5.75 Å². The molecule has 0 aromatic heterocycles. The largest absolute Gasteiger partial charge is 0.508 e. The van der Waals surface area contributed by atoms with Crippen LogP contribution in [0.3, 0.4) is 0 Å². The number of benzene rings is 1. The van der Waals surface area contributed by atoms with Crippen molar-refractivity contribution in [1.82, 2.24) is 5.01 Å². The molecule has 2 N–H and O–H groups in total. The van der Waals surface area contributed by atoms with E-state index in [1.165, 1.54) is 6.07 Å². The fourth-order valence-corrected chi connectivity index (χ4v) is 2.37. The summed E-state index contributed by atoms with van der Waals surface area (Å²) < 4.78 is 39.4. The summed E-state index contributed by atoms with van der Waals surface area (Å²) in [4.78, 5) is 12.1. The highest BCUT2D eigenvalue weighted by molar-refractivity contribution is 5.90. The van der Waals surface area contributed by atoms with E-state index in [0.29, 0.717) is 5.56 Å². The Hall–Kier alpha value is -2.09. The standard InChI is InChI=1S/C15H17F3N2O3/c1-2-11-9-14(23,15(16,17)18)20(19-11)13(22)8-7-10-5-3-4-6-12(10)21/h3-6,21,23H,2,7-9H2,1H3/t14-/m1/s1. The molecule has 0 radical (unpaired) electrons. The van der Waals surface area contributed by atoms with Gasteiger partial charge in [0, 0.05) is 18.6 Å². The number of hydrazone groups is 1. The lowest BCUT2D eigenvalue weighted by Gasteiger charge is -2.32. The number of para-hydroxylation sites is 1. The van der Waals surface area contributed by atoms with Crippen LogP contribution < -0.4 is 0 Å². The second-order valence-electron chi connectivity index (χ2n) is 5.35. The molecule has 1 amide bonds. The number of alkyl halides is 3. The normalized spacial score (nSPS) is 21.4. The van der Waals surface area contributed by atoms with Crippen molar-refractivity contribution in [3.63, 3.8) is 0 Å². The Morgan fingerprint density at radius 3 is 2.61 bits per heavy atom.